The minimum Gasteiger partial charge on any atom is -0.480 e. The number of aliphatic carboxylic acids is 2. The molecular formula is C31H26N4O14S6. The molecule has 1 saturated heterocycles. The Kier molecular flexibility index (Phi) is 11.3. The van der Waals surface area contributed by atoms with Crippen LogP contribution in [-0.4, -0.2) is 97.9 Å². The number of imide groups is 1. The number of thioether (sulfide) groups is 2. The van der Waals surface area contributed by atoms with Crippen molar-refractivity contribution in [1.29, 1.82) is 0 Å². The van der Waals surface area contributed by atoms with Gasteiger partial charge in [-0.05, 0) is 47.2 Å². The van der Waals surface area contributed by atoms with E-state index in [0.717, 1.165) is 37.3 Å². The number of thiazole rings is 2. The lowest BCUT2D eigenvalue weighted by Gasteiger charge is -2.20. The molecule has 18 nitrogen and oxygen atoms in total. The van der Waals surface area contributed by atoms with E-state index in [4.69, 9.17) is 5.11 Å². The van der Waals surface area contributed by atoms with E-state index in [9.17, 15) is 59.8 Å². The van der Waals surface area contributed by atoms with Crippen molar-refractivity contribution in [2.75, 3.05) is 29.5 Å². The molecule has 0 spiro atoms. The van der Waals surface area contributed by atoms with Gasteiger partial charge < -0.3 is 15.1 Å². The molecule has 55 heavy (non-hydrogen) atoms. The molecule has 0 aliphatic carbocycles. The molecule has 2 aromatic heterocycles. The standard InChI is InChI=1S/C31H26N4O14S6/c36-21(37)14-34-27(41)24(52-30(34)25-28(42)35(15-22(38)39)31(43)53-25)29-33(11-13-55(47,48)49)26(40)19(50-29)8-9-20-32(10-3-12-54(44,45)46)18-7-6-16-4-1-2-5-17(16)23(18)51-20/h1-2,4-9H,3,10-15H2,(H,36,37)(H,38,39)(H,44,45,46)(H,47,48,49)/b19-8-,20-9-,29-24+,30-25+. The number of nitrogens with zero attached hydrogens (tertiary/aromatic N) is 4. The summed E-state index contributed by atoms with van der Waals surface area (Å²) in [5.41, 5.74) is -1.08. The number of hydrogen-bond acceptors (Lipinski definition) is 15. The lowest BCUT2D eigenvalue weighted by Crippen LogP contribution is -2.35. The van der Waals surface area contributed by atoms with Gasteiger partial charge in [0.1, 0.15) is 31.9 Å². The van der Waals surface area contributed by atoms with Crippen LogP contribution in [0.2, 0.25) is 0 Å². The molecule has 6 rings (SSSR count). The number of benzene rings is 2. The maximum atomic E-state index is 13.9. The van der Waals surface area contributed by atoms with Crippen LogP contribution in [0.1, 0.15) is 6.42 Å². The van der Waals surface area contributed by atoms with Crippen LogP contribution < -0.4 is 25.2 Å². The minimum atomic E-state index is -4.65. The molecule has 4 N–H and O–H groups in total. The highest BCUT2D eigenvalue weighted by molar-refractivity contribution is 8.23. The number of carbonyl (C=O) groups excluding carboxylic acids is 2. The second-order valence-corrected chi connectivity index (χ2v) is 18.9. The number of carboxylic acids is 2. The minimum absolute atomic E-state index is 0.0391. The summed E-state index contributed by atoms with van der Waals surface area (Å²) in [5.74, 6) is -5.59. The van der Waals surface area contributed by atoms with Crippen molar-refractivity contribution in [2.45, 2.75) is 24.4 Å². The molecule has 0 unspecified atom stereocenters. The normalized spacial score (nSPS) is 17.6. The second-order valence-electron chi connectivity index (χ2n) is 11.7. The van der Waals surface area contributed by atoms with Gasteiger partial charge in [-0.1, -0.05) is 42.1 Å². The Morgan fingerprint density at radius 1 is 0.727 bits per heavy atom. The van der Waals surface area contributed by atoms with E-state index in [-0.39, 0.29) is 43.1 Å². The van der Waals surface area contributed by atoms with E-state index in [1.54, 1.807) is 11.0 Å². The molecule has 24 heteroatoms. The number of carbonyl (C=O) groups is 4. The van der Waals surface area contributed by atoms with E-state index in [2.05, 4.69) is 0 Å². The number of amides is 2. The average molecular weight is 871 g/mol. The molecule has 0 saturated carbocycles. The Hall–Kier alpha value is -4.56. The van der Waals surface area contributed by atoms with Gasteiger partial charge >= 0.3 is 11.9 Å². The SMILES string of the molecule is O=C(O)CN1C(=O)S/C(=c2/s/c(=c3/s/c(=C\C=C4/Sc5c(ccc6ccccc56)N4CCCS(=O)(=O)O)c(=O)n3CCS(=O)(=O)O)c(=O)n2CC(=O)O)C1=O. The molecule has 2 aliphatic rings. The van der Waals surface area contributed by atoms with E-state index in [1.165, 1.54) is 17.8 Å². The van der Waals surface area contributed by atoms with Crippen LogP contribution >= 0.6 is 46.2 Å². The Balaban J connectivity index is 1.57. The van der Waals surface area contributed by atoms with Crippen molar-refractivity contribution in [3.8, 4) is 0 Å². The molecule has 0 radical (unpaired) electrons. The molecule has 1 fully saturated rings. The zero-order chi connectivity index (χ0) is 40.0. The highest BCUT2D eigenvalue weighted by Gasteiger charge is 2.38. The topological polar surface area (TPSA) is 268 Å². The summed E-state index contributed by atoms with van der Waals surface area (Å²) >= 11 is 2.86. The average Bonchev–Trinajstić information content (AvgIpc) is 3.79. The third-order valence-electron chi connectivity index (χ3n) is 7.97. The van der Waals surface area contributed by atoms with Gasteiger partial charge in [0.15, 0.2) is 0 Å². The van der Waals surface area contributed by atoms with Crippen LogP contribution in [0.5, 0.6) is 0 Å². The third-order valence-corrected chi connectivity index (χ3v) is 14.2. The zero-order valence-electron chi connectivity index (χ0n) is 27.7. The summed E-state index contributed by atoms with van der Waals surface area (Å²) in [6, 6.07) is 11.3. The first-order valence-corrected chi connectivity index (χ1v) is 22.1. The molecule has 4 aromatic rings. The summed E-state index contributed by atoms with van der Waals surface area (Å²) in [5, 5.41) is 20.2. The number of rotatable bonds is 12. The number of anilines is 1. The van der Waals surface area contributed by atoms with Crippen molar-refractivity contribution in [2.24, 2.45) is 0 Å². The third kappa shape index (κ3) is 8.65. The Bertz CT molecular complexity index is 2930. The van der Waals surface area contributed by atoms with Gasteiger partial charge in [0.25, 0.3) is 42.5 Å². The Labute approximate surface area is 325 Å². The van der Waals surface area contributed by atoms with Crippen LogP contribution in [0, 0.1) is 9.20 Å². The lowest BCUT2D eigenvalue weighted by molar-refractivity contribution is -0.140. The molecule has 2 amide bonds. The largest absolute Gasteiger partial charge is 0.480 e. The number of aromatic nitrogens is 2. The highest BCUT2D eigenvalue weighted by Crippen LogP contribution is 2.49. The first kappa shape index (κ1) is 40.1. The van der Waals surface area contributed by atoms with Gasteiger partial charge in [-0.3, -0.25) is 51.9 Å². The molecule has 0 bridgehead atoms. The monoisotopic (exact) mass is 870 g/mol. The van der Waals surface area contributed by atoms with Gasteiger partial charge in [-0.2, -0.15) is 16.8 Å². The maximum Gasteiger partial charge on any atom is 0.323 e. The summed E-state index contributed by atoms with van der Waals surface area (Å²) in [6.45, 7) is -2.50. The van der Waals surface area contributed by atoms with Crippen LogP contribution in [0.25, 0.3) is 21.8 Å². The van der Waals surface area contributed by atoms with E-state index in [1.807, 2.05) is 36.4 Å². The summed E-state index contributed by atoms with van der Waals surface area (Å²) in [6.07, 6.45) is 2.99. The van der Waals surface area contributed by atoms with Crippen molar-refractivity contribution in [1.82, 2.24) is 14.0 Å². The van der Waals surface area contributed by atoms with Crippen LogP contribution in [0.4, 0.5) is 10.5 Å². The lowest BCUT2D eigenvalue weighted by atomic mass is 10.1. The summed E-state index contributed by atoms with van der Waals surface area (Å²) in [7, 11) is -8.92. The van der Waals surface area contributed by atoms with Crippen LogP contribution in [0.3, 0.4) is 0 Å². The Morgan fingerprint density at radius 3 is 2.09 bits per heavy atom. The van der Waals surface area contributed by atoms with E-state index >= 15 is 0 Å². The fourth-order valence-corrected chi connectivity index (χ4v) is 11.1. The second kappa shape index (κ2) is 15.5. The van der Waals surface area contributed by atoms with Crippen LogP contribution in [0.15, 0.2) is 62.0 Å². The summed E-state index contributed by atoms with van der Waals surface area (Å²) in [4.78, 5) is 79.0. The number of allylic oxidation sites excluding steroid dienone is 1. The molecule has 2 aliphatic heterocycles. The predicted molar refractivity (Wildman–Crippen MR) is 205 cm³/mol. The zero-order valence-corrected chi connectivity index (χ0v) is 32.6. The van der Waals surface area contributed by atoms with Gasteiger partial charge in [0.05, 0.1) is 26.8 Å². The molecule has 290 valence electrons. The highest BCUT2D eigenvalue weighted by atomic mass is 32.2. The van der Waals surface area contributed by atoms with Crippen molar-refractivity contribution in [3.63, 3.8) is 0 Å². The molecule has 0 atom stereocenters. The molecule has 4 heterocycles. The fraction of sp³-hybridized carbons (Fsp3) is 0.226. The number of carboxylic acid groups (broad SMARTS) is 2. The van der Waals surface area contributed by atoms with Crippen molar-refractivity contribution in [3.05, 3.63) is 86.6 Å². The molecule has 2 aromatic carbocycles. The number of hydrogen-bond donors (Lipinski definition) is 4. The van der Waals surface area contributed by atoms with E-state index < -0.39 is 90.5 Å². The Morgan fingerprint density at radius 2 is 1.42 bits per heavy atom. The maximum absolute atomic E-state index is 13.9. The van der Waals surface area contributed by atoms with Gasteiger partial charge in [0, 0.05) is 18.0 Å². The quantitative estimate of drug-likeness (QED) is 0.144. The van der Waals surface area contributed by atoms with Crippen molar-refractivity contribution < 1.29 is 55.3 Å². The smallest absolute Gasteiger partial charge is 0.323 e. The van der Waals surface area contributed by atoms with Gasteiger partial charge in [-0.15, -0.1) is 22.7 Å². The first-order valence-electron chi connectivity index (χ1n) is 15.6. The molecular weight excluding hydrogens is 845 g/mol. The number of fused-ring (bicyclic) bond motifs is 3. The first-order chi connectivity index (χ1) is 25.8. The summed E-state index contributed by atoms with van der Waals surface area (Å²) < 4.78 is 66.1. The van der Waals surface area contributed by atoms with Crippen LogP contribution in [-0.2, 0) is 47.7 Å². The van der Waals surface area contributed by atoms with Gasteiger partial charge in [0.2, 0.25) is 0 Å². The van der Waals surface area contributed by atoms with Gasteiger partial charge in [-0.25, -0.2) is 0 Å². The predicted octanol–water partition coefficient (Wildman–Crippen LogP) is 0.946. The van der Waals surface area contributed by atoms with Crippen molar-refractivity contribution >= 4 is 117 Å². The van der Waals surface area contributed by atoms with E-state index in [0.29, 0.717) is 25.8 Å². The fourth-order valence-electron chi connectivity index (χ4n) is 5.64.